The van der Waals surface area contributed by atoms with E-state index in [0.29, 0.717) is 44.8 Å². The van der Waals surface area contributed by atoms with Crippen LogP contribution in [0.1, 0.15) is 36.3 Å². The van der Waals surface area contributed by atoms with Crippen LogP contribution in [0.4, 0.5) is 9.18 Å². The first-order valence-corrected chi connectivity index (χ1v) is 14.2. The minimum Gasteiger partial charge on any atom is -0.384 e. The van der Waals surface area contributed by atoms with Gasteiger partial charge >= 0.3 is 6.03 Å². The van der Waals surface area contributed by atoms with Gasteiger partial charge in [-0.2, -0.15) is 5.10 Å². The Morgan fingerprint density at radius 1 is 1.24 bits per heavy atom. The van der Waals surface area contributed by atoms with E-state index < -0.39 is 11.6 Å². The number of hydrogen-bond donors (Lipinski definition) is 3. The first kappa shape index (κ1) is 27.7. The Kier molecular flexibility index (Phi) is 7.32. The zero-order chi connectivity index (χ0) is 29.4. The third kappa shape index (κ3) is 5.07. The number of H-pyrrole nitrogens is 1. The number of urea groups is 1. The molecule has 1 atom stereocenters. The Bertz CT molecular complexity index is 1720. The lowest BCUT2D eigenvalue weighted by Gasteiger charge is -2.29. The minimum atomic E-state index is -1.00. The van der Waals surface area contributed by atoms with Crippen molar-refractivity contribution in [1.82, 2.24) is 30.3 Å². The fraction of sp³-hybridized carbons (Fsp3) is 0.344. The number of fused-ring (bicyclic) bond motifs is 2. The van der Waals surface area contributed by atoms with Crippen LogP contribution in [0.3, 0.4) is 0 Å². The van der Waals surface area contributed by atoms with Crippen molar-refractivity contribution in [3.05, 3.63) is 72.1 Å². The molecule has 42 heavy (non-hydrogen) atoms. The van der Waals surface area contributed by atoms with Gasteiger partial charge in [0.2, 0.25) is 0 Å². The van der Waals surface area contributed by atoms with Gasteiger partial charge in [0.05, 0.1) is 23.8 Å². The van der Waals surface area contributed by atoms with E-state index in [9.17, 15) is 14.0 Å². The minimum absolute atomic E-state index is 0.101. The van der Waals surface area contributed by atoms with E-state index >= 15 is 0 Å². The van der Waals surface area contributed by atoms with Crippen molar-refractivity contribution in [3.63, 3.8) is 0 Å². The van der Waals surface area contributed by atoms with Gasteiger partial charge in [-0.05, 0) is 42.0 Å². The maximum absolute atomic E-state index is 14.1. The lowest BCUT2D eigenvalue weighted by Crippen LogP contribution is -2.36. The Morgan fingerprint density at radius 3 is 2.74 bits per heavy atom. The average Bonchev–Trinajstić information content (AvgIpc) is 3.69. The molecule has 3 amide bonds. The Morgan fingerprint density at radius 2 is 2.05 bits per heavy atom. The average molecular weight is 571 g/mol. The summed E-state index contributed by atoms with van der Waals surface area (Å²) in [6.45, 7) is 6.86. The molecule has 3 heterocycles. The first-order valence-electron chi connectivity index (χ1n) is 14.2. The van der Waals surface area contributed by atoms with E-state index in [0.717, 1.165) is 44.3 Å². The van der Waals surface area contributed by atoms with Crippen molar-refractivity contribution >= 4 is 39.4 Å². The summed E-state index contributed by atoms with van der Waals surface area (Å²) >= 11 is 0. The molecule has 0 saturated carbocycles. The number of amides is 3. The number of alkyl halides is 1. The zero-order valence-corrected chi connectivity index (χ0v) is 24.0. The summed E-state index contributed by atoms with van der Waals surface area (Å²) in [4.78, 5) is 26.4. The smallest absolute Gasteiger partial charge is 0.317 e. The van der Waals surface area contributed by atoms with Crippen LogP contribution in [0.15, 0.2) is 60.8 Å². The molecule has 2 aromatic carbocycles. The molecule has 1 fully saturated rings. The van der Waals surface area contributed by atoms with Gasteiger partial charge in [-0.25, -0.2) is 9.18 Å². The monoisotopic (exact) mass is 570 g/mol. The molecule has 4 aromatic rings. The largest absolute Gasteiger partial charge is 0.384 e. The normalized spacial score (nSPS) is 17.2. The van der Waals surface area contributed by atoms with Gasteiger partial charge in [-0.1, -0.05) is 32.1 Å². The summed E-state index contributed by atoms with van der Waals surface area (Å²) < 4.78 is 22.0. The number of carbonyl (C=O) groups excluding carboxylic acids is 2. The van der Waals surface area contributed by atoms with Gasteiger partial charge < -0.3 is 24.8 Å². The molecule has 0 bridgehead atoms. The van der Waals surface area contributed by atoms with Crippen molar-refractivity contribution in [2.45, 2.75) is 31.9 Å². The predicted octanol–water partition coefficient (Wildman–Crippen LogP) is 5.00. The topological polar surface area (TPSA) is 104 Å². The summed E-state index contributed by atoms with van der Waals surface area (Å²) in [6, 6.07) is 11.7. The van der Waals surface area contributed by atoms with Gasteiger partial charge in [0.15, 0.2) is 0 Å². The van der Waals surface area contributed by atoms with Crippen LogP contribution in [-0.4, -0.2) is 77.7 Å². The first-order chi connectivity index (χ1) is 20.3. The molecule has 6 rings (SSSR count). The van der Waals surface area contributed by atoms with Gasteiger partial charge in [0.25, 0.3) is 5.91 Å². The number of allylic oxidation sites excluding steroid dienone is 4. The molecule has 1 unspecified atom stereocenters. The van der Waals surface area contributed by atoms with Crippen molar-refractivity contribution in [2.24, 2.45) is 0 Å². The van der Waals surface area contributed by atoms with Crippen molar-refractivity contribution < 1.29 is 18.7 Å². The Labute approximate surface area is 243 Å². The molecule has 3 N–H and O–H groups in total. The lowest BCUT2D eigenvalue weighted by molar-refractivity contribution is 0.0950. The number of methoxy groups -OCH3 is 1. The maximum Gasteiger partial charge on any atom is 0.317 e. The van der Waals surface area contributed by atoms with Crippen LogP contribution in [-0.2, 0) is 10.2 Å². The van der Waals surface area contributed by atoms with Gasteiger partial charge in [-0.3, -0.25) is 9.89 Å². The van der Waals surface area contributed by atoms with E-state index in [1.165, 1.54) is 0 Å². The highest BCUT2D eigenvalue weighted by Gasteiger charge is 2.33. The maximum atomic E-state index is 14.1. The number of hydrogen-bond acceptors (Lipinski definition) is 4. The van der Waals surface area contributed by atoms with Crippen LogP contribution in [0.25, 0.3) is 38.6 Å². The third-order valence-corrected chi connectivity index (χ3v) is 8.01. The predicted molar refractivity (Wildman–Crippen MR) is 162 cm³/mol. The molecule has 218 valence electrons. The van der Waals surface area contributed by atoms with Gasteiger partial charge in [0.1, 0.15) is 6.17 Å². The van der Waals surface area contributed by atoms with Crippen molar-refractivity contribution in [1.29, 1.82) is 0 Å². The molecule has 9 nitrogen and oxygen atoms in total. The number of aromatic amines is 1. The number of nitrogens with one attached hydrogen (secondary N) is 3. The van der Waals surface area contributed by atoms with E-state index in [2.05, 4.69) is 51.4 Å². The Balaban J connectivity index is 1.43. The van der Waals surface area contributed by atoms with E-state index in [4.69, 9.17) is 4.74 Å². The number of halogens is 1. The number of ether oxygens (including phenoxy) is 1. The third-order valence-electron chi connectivity index (χ3n) is 8.01. The standard InChI is InChI=1S/C32H35FN6O3/c1-32(2,19-42-3)29-28(20-4-6-21(7-5-20)30(40)34-12-14-38-15-13-35-31(38)41)25-17-26-22(18-36-37-26)16-27(25)39(29)24-10-8-23(33)9-11-24/h4-8,10-11,16-18,23H,9,12-15,19H2,1-3H3,(H,34,40)(H,35,41)(H,36,37). The van der Waals surface area contributed by atoms with Crippen LogP contribution in [0.5, 0.6) is 0 Å². The van der Waals surface area contributed by atoms with Gasteiger partial charge in [-0.15, -0.1) is 0 Å². The summed E-state index contributed by atoms with van der Waals surface area (Å²) in [6.07, 6.45) is 6.51. The zero-order valence-electron chi connectivity index (χ0n) is 24.0. The molecular weight excluding hydrogens is 535 g/mol. The highest BCUT2D eigenvalue weighted by atomic mass is 19.1. The summed E-state index contributed by atoms with van der Waals surface area (Å²) in [5, 5.41) is 15.0. The summed E-state index contributed by atoms with van der Waals surface area (Å²) in [7, 11) is 1.69. The lowest BCUT2D eigenvalue weighted by atomic mass is 9.84. The molecule has 0 spiro atoms. The molecule has 10 heteroatoms. The number of aromatic nitrogens is 3. The molecule has 2 aromatic heterocycles. The number of nitrogens with zero attached hydrogens (tertiary/aromatic N) is 3. The van der Waals surface area contributed by atoms with Crippen LogP contribution in [0, 0.1) is 0 Å². The molecule has 1 saturated heterocycles. The number of benzene rings is 2. The number of rotatable bonds is 9. The van der Waals surface area contributed by atoms with Crippen LogP contribution in [0.2, 0.25) is 0 Å². The Hall–Kier alpha value is -4.44. The van der Waals surface area contributed by atoms with E-state index in [1.807, 2.05) is 36.4 Å². The van der Waals surface area contributed by atoms with Crippen molar-refractivity contribution in [3.8, 4) is 11.1 Å². The van der Waals surface area contributed by atoms with Gasteiger partial charge in [0, 0.05) is 78.4 Å². The van der Waals surface area contributed by atoms with E-state index in [-0.39, 0.29) is 11.9 Å². The SMILES string of the molecule is COCC(C)(C)c1c(-c2ccc(C(=O)NCCN3CCNC3=O)cc2)c2cc3[nH]ncc3cc2n1C1=CCC(F)C=C1. The van der Waals surface area contributed by atoms with Crippen LogP contribution >= 0.6 is 0 Å². The molecular formula is C32H35FN6O3. The highest BCUT2D eigenvalue weighted by Crippen LogP contribution is 2.44. The second kappa shape index (κ2) is 11.1. The molecule has 0 radical (unpaired) electrons. The van der Waals surface area contributed by atoms with E-state index in [1.54, 1.807) is 24.3 Å². The summed E-state index contributed by atoms with van der Waals surface area (Å²) in [5.41, 5.74) is 5.93. The molecule has 2 aliphatic rings. The molecule has 1 aliphatic heterocycles. The van der Waals surface area contributed by atoms with Crippen molar-refractivity contribution in [2.75, 3.05) is 39.9 Å². The highest BCUT2D eigenvalue weighted by molar-refractivity contribution is 6.07. The molecule has 1 aliphatic carbocycles. The number of carbonyl (C=O) groups is 2. The quantitative estimate of drug-likeness (QED) is 0.263. The fourth-order valence-electron chi connectivity index (χ4n) is 6.02. The second-order valence-electron chi connectivity index (χ2n) is 11.5. The van der Waals surface area contributed by atoms with Crippen LogP contribution < -0.4 is 10.6 Å². The summed E-state index contributed by atoms with van der Waals surface area (Å²) in [5.74, 6) is -0.194. The fourth-order valence-corrected chi connectivity index (χ4v) is 6.02. The second-order valence-corrected chi connectivity index (χ2v) is 11.5.